The first-order chi connectivity index (χ1) is 14.1. The van der Waals surface area contributed by atoms with Crippen LogP contribution in [0, 0.1) is 0 Å². The largest absolute Gasteiger partial charge is 0.323 e. The number of allylic oxidation sites excluding steroid dienone is 1. The van der Waals surface area contributed by atoms with Gasteiger partial charge in [-0.2, -0.15) is 0 Å². The maximum Gasteiger partial charge on any atom is 0.262 e. The maximum atomic E-state index is 12.9. The summed E-state index contributed by atoms with van der Waals surface area (Å²) in [5, 5.41) is 3.72. The summed E-state index contributed by atoms with van der Waals surface area (Å²) in [6.45, 7) is 3.96. The zero-order valence-corrected chi connectivity index (χ0v) is 16.3. The average Bonchev–Trinajstić information content (AvgIpc) is 2.73. The van der Waals surface area contributed by atoms with Gasteiger partial charge in [-0.15, -0.1) is 6.58 Å². The van der Waals surface area contributed by atoms with Crippen LogP contribution in [-0.2, 0) is 16.1 Å². The van der Waals surface area contributed by atoms with Gasteiger partial charge in [0.1, 0.15) is 6.54 Å². The summed E-state index contributed by atoms with van der Waals surface area (Å²) in [5.74, 6) is -0.428. The van der Waals surface area contributed by atoms with Gasteiger partial charge in [-0.05, 0) is 24.3 Å². The van der Waals surface area contributed by atoms with E-state index in [0.717, 1.165) is 0 Å². The fourth-order valence-electron chi connectivity index (χ4n) is 3.21. The van der Waals surface area contributed by atoms with Gasteiger partial charge in [0, 0.05) is 6.54 Å². The summed E-state index contributed by atoms with van der Waals surface area (Å²) in [5.41, 5.74) is 1.67. The van der Waals surface area contributed by atoms with E-state index < -0.39 is 0 Å². The number of amides is 2. The van der Waals surface area contributed by atoms with Crippen LogP contribution in [0.15, 0.2) is 71.1 Å². The molecule has 0 fully saturated rings. The molecule has 3 aromatic rings. The third kappa shape index (κ3) is 3.66. The first kappa shape index (κ1) is 18.9. The Hall–Kier alpha value is -3.39. The molecular formula is C21H18N4O3S. The van der Waals surface area contributed by atoms with Gasteiger partial charge in [0.2, 0.25) is 11.8 Å². The van der Waals surface area contributed by atoms with Gasteiger partial charge in [0.15, 0.2) is 5.16 Å². The summed E-state index contributed by atoms with van der Waals surface area (Å²) in [4.78, 5) is 43.7. The van der Waals surface area contributed by atoms with Crippen LogP contribution in [0.3, 0.4) is 0 Å². The molecule has 1 aliphatic heterocycles. The highest BCUT2D eigenvalue weighted by molar-refractivity contribution is 7.99. The van der Waals surface area contributed by atoms with Crippen LogP contribution in [0.4, 0.5) is 11.4 Å². The number of nitrogens with one attached hydrogen (secondary N) is 1. The van der Waals surface area contributed by atoms with Crippen molar-refractivity contribution in [1.82, 2.24) is 9.55 Å². The molecule has 0 saturated heterocycles. The molecule has 1 aromatic heterocycles. The van der Waals surface area contributed by atoms with Gasteiger partial charge >= 0.3 is 0 Å². The molecule has 29 heavy (non-hydrogen) atoms. The summed E-state index contributed by atoms with van der Waals surface area (Å²) < 4.78 is 1.50. The van der Waals surface area contributed by atoms with E-state index in [1.165, 1.54) is 21.2 Å². The van der Waals surface area contributed by atoms with Crippen molar-refractivity contribution in [2.24, 2.45) is 0 Å². The molecule has 0 bridgehead atoms. The van der Waals surface area contributed by atoms with E-state index in [-0.39, 0.29) is 29.7 Å². The maximum absolute atomic E-state index is 12.9. The fourth-order valence-corrected chi connectivity index (χ4v) is 4.09. The van der Waals surface area contributed by atoms with Gasteiger partial charge in [-0.3, -0.25) is 19.0 Å². The Labute approximate surface area is 171 Å². The SMILES string of the molecule is C=CCn1c(SCC(=O)N2CC(=O)Nc3ccccc32)nc2ccccc2c1=O. The average molecular weight is 406 g/mol. The quantitative estimate of drug-likeness (QED) is 0.400. The summed E-state index contributed by atoms with van der Waals surface area (Å²) in [6, 6.07) is 14.3. The highest BCUT2D eigenvalue weighted by atomic mass is 32.2. The Bertz CT molecular complexity index is 1190. The molecule has 0 radical (unpaired) electrons. The van der Waals surface area contributed by atoms with E-state index in [0.29, 0.717) is 34.0 Å². The van der Waals surface area contributed by atoms with Crippen LogP contribution in [0.1, 0.15) is 0 Å². The predicted octanol–water partition coefficient (Wildman–Crippen LogP) is 2.66. The summed E-state index contributed by atoms with van der Waals surface area (Å²) in [6.07, 6.45) is 1.62. The molecule has 146 valence electrons. The number of benzene rings is 2. The molecular weight excluding hydrogens is 388 g/mol. The van der Waals surface area contributed by atoms with Crippen molar-refractivity contribution in [3.63, 3.8) is 0 Å². The number of anilines is 2. The lowest BCUT2D eigenvalue weighted by atomic mass is 10.2. The van der Waals surface area contributed by atoms with Crippen molar-refractivity contribution in [1.29, 1.82) is 0 Å². The van der Waals surface area contributed by atoms with E-state index >= 15 is 0 Å². The number of carbonyl (C=O) groups excluding carboxylic acids is 2. The van der Waals surface area contributed by atoms with Crippen molar-refractivity contribution in [3.8, 4) is 0 Å². The number of aromatic nitrogens is 2. The van der Waals surface area contributed by atoms with Gasteiger partial charge in [0.25, 0.3) is 5.56 Å². The number of fused-ring (bicyclic) bond motifs is 2. The second-order valence-corrected chi connectivity index (χ2v) is 7.39. The van der Waals surface area contributed by atoms with Crippen molar-refractivity contribution in [3.05, 3.63) is 71.5 Å². The number of rotatable bonds is 5. The molecule has 8 heteroatoms. The van der Waals surface area contributed by atoms with Gasteiger partial charge in [-0.1, -0.05) is 42.1 Å². The van der Waals surface area contributed by atoms with Crippen molar-refractivity contribution < 1.29 is 9.59 Å². The second-order valence-electron chi connectivity index (χ2n) is 6.45. The minimum atomic E-state index is -0.241. The number of para-hydroxylation sites is 3. The lowest BCUT2D eigenvalue weighted by Gasteiger charge is -2.29. The molecule has 0 saturated carbocycles. The van der Waals surface area contributed by atoms with E-state index in [1.807, 2.05) is 12.1 Å². The van der Waals surface area contributed by atoms with E-state index in [9.17, 15) is 14.4 Å². The number of thioether (sulfide) groups is 1. The number of hydrogen-bond donors (Lipinski definition) is 1. The Morgan fingerprint density at radius 2 is 1.93 bits per heavy atom. The lowest BCUT2D eigenvalue weighted by molar-refractivity contribution is -0.120. The molecule has 2 amide bonds. The van der Waals surface area contributed by atoms with Gasteiger partial charge in [0.05, 0.1) is 28.0 Å². The highest BCUT2D eigenvalue weighted by Crippen LogP contribution is 2.30. The molecule has 7 nitrogen and oxygen atoms in total. The zero-order valence-electron chi connectivity index (χ0n) is 15.5. The van der Waals surface area contributed by atoms with Crippen molar-refractivity contribution >= 4 is 45.9 Å². The van der Waals surface area contributed by atoms with Crippen LogP contribution in [0.2, 0.25) is 0 Å². The molecule has 2 heterocycles. The minimum Gasteiger partial charge on any atom is -0.323 e. The van der Waals surface area contributed by atoms with Crippen molar-refractivity contribution in [2.45, 2.75) is 11.7 Å². The van der Waals surface area contributed by atoms with Crippen LogP contribution < -0.4 is 15.8 Å². The van der Waals surface area contributed by atoms with Crippen LogP contribution in [0.25, 0.3) is 10.9 Å². The monoisotopic (exact) mass is 406 g/mol. The molecule has 0 unspecified atom stereocenters. The highest BCUT2D eigenvalue weighted by Gasteiger charge is 2.26. The Balaban J connectivity index is 1.62. The minimum absolute atomic E-state index is 0.0407. The van der Waals surface area contributed by atoms with Gasteiger partial charge in [-0.25, -0.2) is 4.98 Å². The standard InChI is InChI=1S/C21H18N4O3S/c1-2-11-24-20(28)14-7-3-4-8-15(14)23-21(24)29-13-19(27)25-12-18(26)22-16-9-5-6-10-17(16)25/h2-10H,1,11-13H2,(H,22,26). The Morgan fingerprint density at radius 3 is 2.76 bits per heavy atom. The zero-order chi connectivity index (χ0) is 20.4. The molecule has 1 aliphatic rings. The Kier molecular flexibility index (Phi) is 5.18. The Morgan fingerprint density at radius 1 is 1.17 bits per heavy atom. The number of hydrogen-bond acceptors (Lipinski definition) is 5. The molecule has 0 atom stereocenters. The molecule has 0 spiro atoms. The van der Waals surface area contributed by atoms with Crippen LogP contribution >= 0.6 is 11.8 Å². The smallest absolute Gasteiger partial charge is 0.262 e. The molecule has 0 aliphatic carbocycles. The summed E-state index contributed by atoms with van der Waals surface area (Å²) in [7, 11) is 0. The third-order valence-corrected chi connectivity index (χ3v) is 5.50. The van der Waals surface area contributed by atoms with E-state index in [4.69, 9.17) is 0 Å². The normalized spacial score (nSPS) is 13.1. The van der Waals surface area contributed by atoms with E-state index in [2.05, 4.69) is 16.9 Å². The first-order valence-corrected chi connectivity index (χ1v) is 9.99. The molecule has 1 N–H and O–H groups in total. The topological polar surface area (TPSA) is 84.3 Å². The second kappa shape index (κ2) is 7.92. The molecule has 2 aromatic carbocycles. The fraction of sp³-hybridized carbons (Fsp3) is 0.143. The lowest BCUT2D eigenvalue weighted by Crippen LogP contribution is -2.43. The summed E-state index contributed by atoms with van der Waals surface area (Å²) >= 11 is 1.17. The molecule has 4 rings (SSSR count). The van der Waals surface area contributed by atoms with E-state index in [1.54, 1.807) is 42.5 Å². The van der Waals surface area contributed by atoms with Crippen LogP contribution in [-0.4, -0.2) is 33.7 Å². The van der Waals surface area contributed by atoms with Crippen LogP contribution in [0.5, 0.6) is 0 Å². The third-order valence-electron chi connectivity index (χ3n) is 4.53. The van der Waals surface area contributed by atoms with Gasteiger partial charge < -0.3 is 10.2 Å². The number of carbonyl (C=O) groups is 2. The first-order valence-electron chi connectivity index (χ1n) is 9.01. The van der Waals surface area contributed by atoms with Crippen molar-refractivity contribution in [2.75, 3.05) is 22.5 Å². The number of nitrogens with zero attached hydrogens (tertiary/aromatic N) is 3. The predicted molar refractivity (Wildman–Crippen MR) is 114 cm³/mol.